The van der Waals surface area contributed by atoms with Crippen molar-refractivity contribution in [1.82, 2.24) is 5.32 Å². The van der Waals surface area contributed by atoms with Gasteiger partial charge in [0.2, 0.25) is 0 Å². The summed E-state index contributed by atoms with van der Waals surface area (Å²) in [6.45, 7) is 3.38. The third kappa shape index (κ3) is 5.85. The molecule has 0 bridgehead atoms. The van der Waals surface area contributed by atoms with Crippen LogP contribution in [-0.4, -0.2) is 12.6 Å². The highest BCUT2D eigenvalue weighted by molar-refractivity contribution is 6.30. The number of hydrogen-bond acceptors (Lipinski definition) is 1. The van der Waals surface area contributed by atoms with Crippen LogP contribution >= 0.6 is 11.6 Å². The molecule has 2 rings (SSSR count). The Kier molecular flexibility index (Phi) is 6.89. The molecule has 0 amide bonds. The van der Waals surface area contributed by atoms with E-state index in [0.717, 1.165) is 17.6 Å². The third-order valence-corrected chi connectivity index (χ3v) is 4.44. The summed E-state index contributed by atoms with van der Waals surface area (Å²) >= 11 is 6.15. The lowest BCUT2D eigenvalue weighted by atomic mass is 9.92. The molecular formula is C18H28ClN. The number of hydrogen-bond donors (Lipinski definition) is 1. The predicted molar refractivity (Wildman–Crippen MR) is 88.6 cm³/mol. The van der Waals surface area contributed by atoms with Crippen LogP contribution in [0.2, 0.25) is 5.02 Å². The summed E-state index contributed by atoms with van der Waals surface area (Å²) in [5.74, 6) is 0.621. The Balaban J connectivity index is 1.82. The van der Waals surface area contributed by atoms with E-state index in [2.05, 4.69) is 30.4 Å². The molecule has 1 aromatic carbocycles. The van der Waals surface area contributed by atoms with Crippen LogP contribution in [0.1, 0.15) is 69.8 Å². The first kappa shape index (κ1) is 15.9. The van der Waals surface area contributed by atoms with Crippen molar-refractivity contribution in [3.8, 4) is 0 Å². The first-order chi connectivity index (χ1) is 9.79. The van der Waals surface area contributed by atoms with E-state index in [4.69, 9.17) is 11.6 Å². The van der Waals surface area contributed by atoms with Crippen molar-refractivity contribution < 1.29 is 0 Å². The second-order valence-electron chi connectivity index (χ2n) is 6.14. The molecule has 112 valence electrons. The Morgan fingerprint density at radius 2 is 2.00 bits per heavy atom. The number of nitrogens with one attached hydrogen (secondary N) is 1. The summed E-state index contributed by atoms with van der Waals surface area (Å²) in [6.07, 6.45) is 10.8. The molecular weight excluding hydrogens is 266 g/mol. The van der Waals surface area contributed by atoms with Crippen LogP contribution < -0.4 is 5.32 Å². The Labute approximate surface area is 129 Å². The summed E-state index contributed by atoms with van der Waals surface area (Å²) in [7, 11) is 0. The Bertz CT molecular complexity index is 387. The van der Waals surface area contributed by atoms with Gasteiger partial charge < -0.3 is 5.32 Å². The van der Waals surface area contributed by atoms with E-state index in [1.807, 2.05) is 6.07 Å². The summed E-state index contributed by atoms with van der Waals surface area (Å²) in [6, 6.07) is 9.22. The largest absolute Gasteiger partial charge is 0.313 e. The molecule has 0 spiro atoms. The fourth-order valence-electron chi connectivity index (χ4n) is 2.74. The van der Waals surface area contributed by atoms with Crippen molar-refractivity contribution in [2.75, 3.05) is 6.54 Å². The maximum Gasteiger partial charge on any atom is 0.0408 e. The van der Waals surface area contributed by atoms with Crippen LogP contribution in [0, 0.1) is 0 Å². The van der Waals surface area contributed by atoms with Crippen molar-refractivity contribution in [1.29, 1.82) is 0 Å². The van der Waals surface area contributed by atoms with Crippen LogP contribution in [0.4, 0.5) is 0 Å². The average molecular weight is 294 g/mol. The highest BCUT2D eigenvalue weighted by Gasteiger charge is 2.22. The minimum atomic E-state index is 0.621. The number of halogens is 1. The molecule has 2 heteroatoms. The molecule has 0 aliphatic heterocycles. The van der Waals surface area contributed by atoms with Crippen molar-refractivity contribution >= 4 is 11.6 Å². The lowest BCUT2D eigenvalue weighted by Crippen LogP contribution is -2.23. The van der Waals surface area contributed by atoms with Crippen LogP contribution in [0.25, 0.3) is 0 Å². The van der Waals surface area contributed by atoms with E-state index < -0.39 is 0 Å². The summed E-state index contributed by atoms with van der Waals surface area (Å²) in [5.41, 5.74) is 1.40. The van der Waals surface area contributed by atoms with Gasteiger partial charge in [-0.1, -0.05) is 62.8 Å². The Hall–Kier alpha value is -0.530. The van der Waals surface area contributed by atoms with Gasteiger partial charge in [-0.2, -0.15) is 0 Å². The van der Waals surface area contributed by atoms with Gasteiger partial charge in [0, 0.05) is 17.6 Å². The molecule has 1 aliphatic rings. The standard InChI is InChI=1S/C18H28ClN/c1-2-3-4-5-6-8-16(14-20-18-11-12-18)15-9-7-10-17(19)13-15/h7,9-10,13,16,18,20H,2-6,8,11-12,14H2,1H3. The van der Waals surface area contributed by atoms with E-state index in [1.165, 1.54) is 56.9 Å². The zero-order chi connectivity index (χ0) is 14.2. The maximum absolute atomic E-state index is 6.15. The molecule has 1 saturated carbocycles. The second kappa shape index (κ2) is 8.69. The maximum atomic E-state index is 6.15. The normalized spacial score (nSPS) is 16.3. The summed E-state index contributed by atoms with van der Waals surface area (Å²) in [4.78, 5) is 0. The first-order valence-electron chi connectivity index (χ1n) is 8.28. The molecule has 1 unspecified atom stereocenters. The van der Waals surface area contributed by atoms with E-state index in [0.29, 0.717) is 5.92 Å². The molecule has 1 N–H and O–H groups in total. The minimum absolute atomic E-state index is 0.621. The number of rotatable bonds is 10. The first-order valence-corrected chi connectivity index (χ1v) is 8.66. The van der Waals surface area contributed by atoms with Gasteiger partial charge in [0.1, 0.15) is 0 Å². The highest BCUT2D eigenvalue weighted by atomic mass is 35.5. The third-order valence-electron chi connectivity index (χ3n) is 4.21. The van der Waals surface area contributed by atoms with Crippen molar-refractivity contribution in [3.63, 3.8) is 0 Å². The zero-order valence-electron chi connectivity index (χ0n) is 12.7. The van der Waals surface area contributed by atoms with Gasteiger partial charge in [-0.05, 0) is 42.9 Å². The van der Waals surface area contributed by atoms with E-state index in [1.54, 1.807) is 0 Å². The topological polar surface area (TPSA) is 12.0 Å². The molecule has 0 radical (unpaired) electrons. The molecule has 1 fully saturated rings. The molecule has 1 atom stereocenters. The predicted octanol–water partition coefficient (Wildman–Crippen LogP) is 5.54. The Morgan fingerprint density at radius 1 is 1.20 bits per heavy atom. The van der Waals surface area contributed by atoms with Gasteiger partial charge in [0.15, 0.2) is 0 Å². The average Bonchev–Trinajstić information content (AvgIpc) is 3.26. The van der Waals surface area contributed by atoms with Gasteiger partial charge in [-0.3, -0.25) is 0 Å². The van der Waals surface area contributed by atoms with Gasteiger partial charge in [0.25, 0.3) is 0 Å². The number of benzene rings is 1. The van der Waals surface area contributed by atoms with Crippen LogP contribution in [0.5, 0.6) is 0 Å². The lowest BCUT2D eigenvalue weighted by molar-refractivity contribution is 0.508. The Morgan fingerprint density at radius 3 is 2.70 bits per heavy atom. The zero-order valence-corrected chi connectivity index (χ0v) is 13.5. The van der Waals surface area contributed by atoms with Gasteiger partial charge in [0.05, 0.1) is 0 Å². The van der Waals surface area contributed by atoms with Crippen molar-refractivity contribution in [2.24, 2.45) is 0 Å². The molecule has 1 nitrogen and oxygen atoms in total. The van der Waals surface area contributed by atoms with E-state index in [9.17, 15) is 0 Å². The number of unbranched alkanes of at least 4 members (excludes halogenated alkanes) is 4. The van der Waals surface area contributed by atoms with Gasteiger partial charge in [-0.15, -0.1) is 0 Å². The molecule has 20 heavy (non-hydrogen) atoms. The smallest absolute Gasteiger partial charge is 0.0408 e. The van der Waals surface area contributed by atoms with Crippen LogP contribution in [0.3, 0.4) is 0 Å². The van der Waals surface area contributed by atoms with Crippen molar-refractivity contribution in [2.45, 2.75) is 70.3 Å². The van der Waals surface area contributed by atoms with Crippen molar-refractivity contribution in [3.05, 3.63) is 34.9 Å². The molecule has 0 aromatic heterocycles. The lowest BCUT2D eigenvalue weighted by Gasteiger charge is -2.18. The summed E-state index contributed by atoms with van der Waals surface area (Å²) < 4.78 is 0. The second-order valence-corrected chi connectivity index (χ2v) is 6.57. The molecule has 1 aliphatic carbocycles. The fraction of sp³-hybridized carbons (Fsp3) is 0.667. The molecule has 0 heterocycles. The minimum Gasteiger partial charge on any atom is -0.313 e. The molecule has 1 aromatic rings. The van der Waals surface area contributed by atoms with Gasteiger partial charge >= 0.3 is 0 Å². The summed E-state index contributed by atoms with van der Waals surface area (Å²) in [5, 5.41) is 4.55. The molecule has 0 saturated heterocycles. The van der Waals surface area contributed by atoms with E-state index >= 15 is 0 Å². The van der Waals surface area contributed by atoms with Crippen LogP contribution in [-0.2, 0) is 0 Å². The highest BCUT2D eigenvalue weighted by Crippen LogP contribution is 2.26. The fourth-order valence-corrected chi connectivity index (χ4v) is 2.94. The SMILES string of the molecule is CCCCCCCC(CNC1CC1)c1cccc(Cl)c1. The van der Waals surface area contributed by atoms with E-state index in [-0.39, 0.29) is 0 Å². The van der Waals surface area contributed by atoms with Gasteiger partial charge in [-0.25, -0.2) is 0 Å². The van der Waals surface area contributed by atoms with Crippen LogP contribution in [0.15, 0.2) is 24.3 Å². The monoisotopic (exact) mass is 293 g/mol. The quantitative estimate of drug-likeness (QED) is 0.559.